The summed E-state index contributed by atoms with van der Waals surface area (Å²) >= 11 is 0. The van der Waals surface area contributed by atoms with E-state index in [9.17, 15) is 0 Å². The Morgan fingerprint density at radius 1 is 1.19 bits per heavy atom. The number of nitrogens with two attached hydrogens (primary N) is 1. The maximum Gasteiger partial charge on any atom is 0.198 e. The average molecular weight is 210 g/mol. The number of fused-ring (bicyclic) bond motifs is 3. The van der Waals surface area contributed by atoms with Crippen LogP contribution in [-0.2, 0) is 0 Å². The summed E-state index contributed by atoms with van der Waals surface area (Å²) in [5, 5.41) is 8.16. The average Bonchev–Trinajstić information content (AvgIpc) is 2.80. The summed E-state index contributed by atoms with van der Waals surface area (Å²) in [5.74, 6) is 0.378. The number of aromatic amines is 1. The van der Waals surface area contributed by atoms with Gasteiger partial charge in [0.1, 0.15) is 0 Å². The van der Waals surface area contributed by atoms with Crippen LogP contribution in [0, 0.1) is 5.41 Å². The molecule has 0 saturated heterocycles. The highest BCUT2D eigenvalue weighted by atomic mass is 15.0. The summed E-state index contributed by atoms with van der Waals surface area (Å²) in [6.07, 6.45) is 0. The molecule has 2 aliphatic rings. The molecule has 0 fully saturated rings. The summed E-state index contributed by atoms with van der Waals surface area (Å²) in [7, 11) is 0. The van der Waals surface area contributed by atoms with Gasteiger partial charge in [-0.2, -0.15) is 0 Å². The van der Waals surface area contributed by atoms with Crippen molar-refractivity contribution in [1.29, 1.82) is 5.41 Å². The zero-order chi connectivity index (χ0) is 11.1. The first-order chi connectivity index (χ1) is 7.74. The van der Waals surface area contributed by atoms with Crippen LogP contribution in [0.5, 0.6) is 0 Å². The van der Waals surface area contributed by atoms with E-state index in [2.05, 4.69) is 9.97 Å². The van der Waals surface area contributed by atoms with Gasteiger partial charge in [-0.3, -0.25) is 0 Å². The molecule has 4 nitrogen and oxygen atoms in total. The van der Waals surface area contributed by atoms with E-state index in [1.807, 2.05) is 24.3 Å². The minimum absolute atomic E-state index is 0.378. The van der Waals surface area contributed by atoms with Crippen LogP contribution in [0.3, 0.4) is 0 Å². The molecule has 78 valence electrons. The third-order valence-electron chi connectivity index (χ3n) is 2.60. The van der Waals surface area contributed by atoms with Gasteiger partial charge < -0.3 is 16.1 Å². The van der Waals surface area contributed by atoms with Gasteiger partial charge in [-0.05, 0) is 17.7 Å². The van der Waals surface area contributed by atoms with Gasteiger partial charge in [0.2, 0.25) is 0 Å². The Morgan fingerprint density at radius 3 is 2.94 bits per heavy atom. The SMILES string of the molecule is N=c1ccc2cccc-2c2nc(N)[nH]c2c1. The number of nitrogens with zero attached hydrogens (tertiary/aromatic N) is 1. The molecule has 16 heavy (non-hydrogen) atoms. The van der Waals surface area contributed by atoms with E-state index in [-0.39, 0.29) is 0 Å². The molecule has 4 N–H and O–H groups in total. The Kier molecular flexibility index (Phi) is 1.71. The minimum Gasteiger partial charge on any atom is -0.369 e. The van der Waals surface area contributed by atoms with Gasteiger partial charge in [0.15, 0.2) is 5.95 Å². The fraction of sp³-hybridized carbons (Fsp3) is 0. The molecule has 0 bridgehead atoms. The molecule has 4 heteroatoms. The number of aromatic nitrogens is 2. The summed E-state index contributed by atoms with van der Waals surface area (Å²) < 4.78 is 0. The third-order valence-corrected chi connectivity index (χ3v) is 2.60. The van der Waals surface area contributed by atoms with E-state index >= 15 is 0 Å². The maximum atomic E-state index is 7.73. The Morgan fingerprint density at radius 2 is 2.06 bits per heavy atom. The molecular weight excluding hydrogens is 200 g/mol. The lowest BCUT2D eigenvalue weighted by molar-refractivity contribution is 1.28. The number of nitrogen functional groups attached to an aromatic ring is 1. The lowest BCUT2D eigenvalue weighted by Crippen LogP contribution is -1.93. The fourth-order valence-electron chi connectivity index (χ4n) is 1.89. The van der Waals surface area contributed by atoms with Crippen molar-refractivity contribution in [2.75, 3.05) is 5.73 Å². The van der Waals surface area contributed by atoms with E-state index in [1.165, 1.54) is 0 Å². The topological polar surface area (TPSA) is 78.6 Å². The van der Waals surface area contributed by atoms with Crippen molar-refractivity contribution in [3.8, 4) is 11.1 Å². The van der Waals surface area contributed by atoms with Gasteiger partial charge in [0.05, 0.1) is 16.4 Å². The Balaban J connectivity index is 2.59. The molecule has 2 aliphatic carbocycles. The van der Waals surface area contributed by atoms with Crippen molar-refractivity contribution >= 4 is 17.0 Å². The predicted octanol–water partition coefficient (Wildman–Crippen LogP) is 1.73. The Labute approximate surface area is 91.6 Å². The summed E-state index contributed by atoms with van der Waals surface area (Å²) in [6.45, 7) is 0. The van der Waals surface area contributed by atoms with Gasteiger partial charge in [0, 0.05) is 5.56 Å². The molecular formula is C12H10N4. The van der Waals surface area contributed by atoms with Crippen molar-refractivity contribution in [1.82, 2.24) is 9.97 Å². The van der Waals surface area contributed by atoms with Crippen LogP contribution in [0.2, 0.25) is 0 Å². The van der Waals surface area contributed by atoms with Crippen molar-refractivity contribution in [3.63, 3.8) is 0 Å². The van der Waals surface area contributed by atoms with Crippen molar-refractivity contribution < 1.29 is 0 Å². The summed E-state index contributed by atoms with van der Waals surface area (Å²) in [6, 6.07) is 11.4. The second-order valence-electron chi connectivity index (χ2n) is 3.71. The van der Waals surface area contributed by atoms with Gasteiger partial charge >= 0.3 is 0 Å². The number of hydrogen-bond donors (Lipinski definition) is 3. The summed E-state index contributed by atoms with van der Waals surface area (Å²) in [4.78, 5) is 7.22. The molecule has 0 amide bonds. The molecule has 1 heterocycles. The van der Waals surface area contributed by atoms with Gasteiger partial charge in [-0.25, -0.2) is 4.98 Å². The van der Waals surface area contributed by atoms with Crippen LogP contribution < -0.4 is 11.1 Å². The Hall–Kier alpha value is -2.36. The van der Waals surface area contributed by atoms with Crippen molar-refractivity contribution in [2.24, 2.45) is 0 Å². The molecule has 0 saturated carbocycles. The number of anilines is 1. The highest BCUT2D eigenvalue weighted by Gasteiger charge is 2.07. The lowest BCUT2D eigenvalue weighted by atomic mass is 10.1. The number of H-pyrrole nitrogens is 1. The number of rotatable bonds is 0. The van der Waals surface area contributed by atoms with E-state index < -0.39 is 0 Å². The van der Waals surface area contributed by atoms with Gasteiger partial charge in [0.25, 0.3) is 0 Å². The molecule has 0 unspecified atom stereocenters. The zero-order valence-electron chi connectivity index (χ0n) is 8.49. The standard InChI is InChI=1S/C12H10N4/c13-8-5-4-7-2-1-3-9(7)11-10(6-8)15-12(14)16-11/h1-6,13H,(H3,14,15,16). The predicted molar refractivity (Wildman–Crippen MR) is 63.0 cm³/mol. The van der Waals surface area contributed by atoms with Crippen molar-refractivity contribution in [3.05, 3.63) is 41.8 Å². The largest absolute Gasteiger partial charge is 0.369 e. The number of imidazole rings is 1. The van der Waals surface area contributed by atoms with Crippen LogP contribution in [0.15, 0.2) is 36.4 Å². The molecule has 1 aromatic heterocycles. The second kappa shape index (κ2) is 3.06. The molecule has 0 radical (unpaired) electrons. The molecule has 1 aromatic rings. The first-order valence-electron chi connectivity index (χ1n) is 4.97. The van der Waals surface area contributed by atoms with E-state index in [0.29, 0.717) is 11.3 Å². The monoisotopic (exact) mass is 210 g/mol. The fourth-order valence-corrected chi connectivity index (χ4v) is 1.89. The van der Waals surface area contributed by atoms with Gasteiger partial charge in [-0.1, -0.05) is 24.3 Å². The highest BCUT2D eigenvalue weighted by molar-refractivity contribution is 5.92. The van der Waals surface area contributed by atoms with Crippen molar-refractivity contribution in [2.45, 2.75) is 0 Å². The van der Waals surface area contributed by atoms with Crippen LogP contribution in [-0.4, -0.2) is 9.97 Å². The van der Waals surface area contributed by atoms with E-state index in [1.54, 1.807) is 12.1 Å². The minimum atomic E-state index is 0.378. The van der Waals surface area contributed by atoms with Gasteiger partial charge in [-0.15, -0.1) is 0 Å². The zero-order valence-corrected chi connectivity index (χ0v) is 8.49. The maximum absolute atomic E-state index is 7.73. The smallest absolute Gasteiger partial charge is 0.198 e. The Bertz CT molecular complexity index is 699. The van der Waals surface area contributed by atoms with Crippen LogP contribution >= 0.6 is 0 Å². The number of nitrogens with one attached hydrogen (secondary N) is 2. The van der Waals surface area contributed by atoms with Crippen LogP contribution in [0.25, 0.3) is 22.2 Å². The molecule has 0 aliphatic heterocycles. The van der Waals surface area contributed by atoms with Crippen LogP contribution in [0.4, 0.5) is 5.95 Å². The second-order valence-corrected chi connectivity index (χ2v) is 3.71. The number of hydrogen-bond acceptors (Lipinski definition) is 3. The molecule has 3 rings (SSSR count). The molecule has 0 aromatic carbocycles. The molecule has 0 spiro atoms. The highest BCUT2D eigenvalue weighted by Crippen LogP contribution is 2.27. The normalized spacial score (nSPS) is 11.0. The van der Waals surface area contributed by atoms with E-state index in [0.717, 1.165) is 22.2 Å². The lowest BCUT2D eigenvalue weighted by Gasteiger charge is -1.94. The van der Waals surface area contributed by atoms with E-state index in [4.69, 9.17) is 11.1 Å². The van der Waals surface area contributed by atoms with Crippen LogP contribution in [0.1, 0.15) is 0 Å². The third kappa shape index (κ3) is 1.24. The molecule has 0 atom stereocenters. The first kappa shape index (κ1) is 8.91. The quantitative estimate of drug-likeness (QED) is 0.528. The summed E-state index contributed by atoms with van der Waals surface area (Å²) in [5.41, 5.74) is 9.36. The first-order valence-corrected chi connectivity index (χ1v) is 4.97.